The van der Waals surface area contributed by atoms with Gasteiger partial charge in [-0.25, -0.2) is 4.98 Å². The lowest BCUT2D eigenvalue weighted by atomic mass is 9.97. The quantitative estimate of drug-likeness (QED) is 0.170. The Morgan fingerprint density at radius 1 is 0.723 bits per heavy atom. The minimum atomic E-state index is 0.841. The first kappa shape index (κ1) is 28.2. The minimum absolute atomic E-state index is 0.841. The van der Waals surface area contributed by atoms with Crippen LogP contribution in [0.25, 0.3) is 72.3 Å². The van der Waals surface area contributed by atoms with E-state index in [-0.39, 0.29) is 0 Å². The highest BCUT2D eigenvalue weighted by molar-refractivity contribution is 6.20. The fourth-order valence-electron chi connectivity index (χ4n) is 6.49. The maximum atomic E-state index is 4.97. The summed E-state index contributed by atoms with van der Waals surface area (Å²) in [5.74, 6) is 0. The Labute approximate surface area is 273 Å². The van der Waals surface area contributed by atoms with Crippen LogP contribution in [0, 0.1) is 0 Å². The van der Waals surface area contributed by atoms with Gasteiger partial charge in [-0.2, -0.15) is 0 Å². The van der Waals surface area contributed by atoms with Crippen LogP contribution in [0.15, 0.2) is 165 Å². The zero-order valence-corrected chi connectivity index (χ0v) is 26.0. The molecule has 0 radical (unpaired) electrons. The molecule has 8 aromatic rings. The van der Waals surface area contributed by atoms with Crippen molar-refractivity contribution >= 4 is 38.4 Å². The van der Waals surface area contributed by atoms with E-state index in [1.807, 2.05) is 55.7 Å². The summed E-state index contributed by atoms with van der Waals surface area (Å²) in [6.45, 7) is 6.02. The molecule has 0 saturated carbocycles. The minimum Gasteiger partial charge on any atom is -0.314 e. The number of rotatable bonds is 7. The molecule has 0 saturated heterocycles. The number of allylic oxidation sites excluding steroid dienone is 5. The van der Waals surface area contributed by atoms with E-state index in [1.54, 1.807) is 6.20 Å². The molecule has 47 heavy (non-hydrogen) atoms. The molecule has 0 unspecified atom stereocenters. The molecule has 0 aliphatic carbocycles. The van der Waals surface area contributed by atoms with Crippen LogP contribution in [0.4, 0.5) is 0 Å². The van der Waals surface area contributed by atoms with Gasteiger partial charge in [-0.1, -0.05) is 73.3 Å². The molecular weight excluding hydrogens is 574 g/mol. The number of nitrogens with zero attached hydrogens (tertiary/aromatic N) is 5. The van der Waals surface area contributed by atoms with Crippen LogP contribution in [0.5, 0.6) is 0 Å². The Morgan fingerprint density at radius 3 is 2.36 bits per heavy atom. The lowest BCUT2D eigenvalue weighted by Crippen LogP contribution is -1.98. The molecule has 0 fully saturated rings. The summed E-state index contributed by atoms with van der Waals surface area (Å²) in [6.07, 6.45) is 15.8. The van der Waals surface area contributed by atoms with E-state index in [9.17, 15) is 0 Å². The number of fused-ring (bicyclic) bond motifs is 5. The van der Waals surface area contributed by atoms with Crippen molar-refractivity contribution in [1.29, 1.82) is 0 Å². The molecule has 5 heteroatoms. The molecule has 0 atom stereocenters. The summed E-state index contributed by atoms with van der Waals surface area (Å²) in [5.41, 5.74) is 11.3. The third-order valence-electron chi connectivity index (χ3n) is 8.55. The zero-order valence-electron chi connectivity index (χ0n) is 26.0. The van der Waals surface area contributed by atoms with Crippen LogP contribution in [0.1, 0.15) is 12.5 Å². The fourth-order valence-corrected chi connectivity index (χ4v) is 6.49. The Hall–Kier alpha value is -6.33. The maximum Gasteiger partial charge on any atom is 0.145 e. The van der Waals surface area contributed by atoms with Gasteiger partial charge in [0.1, 0.15) is 5.65 Å². The predicted molar refractivity (Wildman–Crippen MR) is 195 cm³/mol. The van der Waals surface area contributed by atoms with Gasteiger partial charge >= 0.3 is 0 Å². The van der Waals surface area contributed by atoms with Crippen molar-refractivity contribution in [3.05, 3.63) is 170 Å². The largest absolute Gasteiger partial charge is 0.314 e. The second-order valence-corrected chi connectivity index (χ2v) is 11.4. The van der Waals surface area contributed by atoms with Gasteiger partial charge in [0, 0.05) is 40.4 Å². The highest BCUT2D eigenvalue weighted by Gasteiger charge is 2.19. The number of aromatic nitrogens is 5. The van der Waals surface area contributed by atoms with Crippen molar-refractivity contribution in [1.82, 2.24) is 24.1 Å². The maximum absolute atomic E-state index is 4.97. The van der Waals surface area contributed by atoms with Gasteiger partial charge in [0.2, 0.25) is 0 Å². The smallest absolute Gasteiger partial charge is 0.145 e. The number of hydrogen-bond acceptors (Lipinski definition) is 3. The molecule has 0 amide bonds. The van der Waals surface area contributed by atoms with Crippen molar-refractivity contribution in [2.45, 2.75) is 6.92 Å². The standard InChI is InChI=1S/C42H31N5/c1-3-11-29(12-4-2)32-25-33(30-13-6-5-7-14-30)27-35(26-32)47-39-20-17-31-21-24-46(41(31)40(39)36-15-10-23-44-42(36)47)34-18-19-38(45-28-34)37-16-8-9-22-43-37/h3-28H,1H2,2H3/b12-4-,29-11+. The normalized spacial score (nSPS) is 12.1. The Bertz CT molecular complexity index is 2460. The van der Waals surface area contributed by atoms with Crippen LogP contribution < -0.4 is 0 Å². The average Bonchev–Trinajstić information content (AvgIpc) is 3.71. The van der Waals surface area contributed by atoms with E-state index in [0.717, 1.165) is 77.9 Å². The lowest BCUT2D eigenvalue weighted by molar-refractivity contribution is 1.10. The highest BCUT2D eigenvalue weighted by atomic mass is 15.1. The molecule has 3 aromatic carbocycles. The zero-order chi connectivity index (χ0) is 31.7. The van der Waals surface area contributed by atoms with E-state index < -0.39 is 0 Å². The van der Waals surface area contributed by atoms with E-state index in [2.05, 4.69) is 124 Å². The molecule has 5 heterocycles. The Kier molecular flexibility index (Phi) is 7.12. The summed E-state index contributed by atoms with van der Waals surface area (Å²) in [6, 6.07) is 38.1. The Morgan fingerprint density at radius 2 is 1.57 bits per heavy atom. The van der Waals surface area contributed by atoms with Gasteiger partial charge in [0.15, 0.2) is 0 Å². The van der Waals surface area contributed by atoms with Crippen molar-refractivity contribution in [2.24, 2.45) is 0 Å². The Balaban J connectivity index is 1.38. The van der Waals surface area contributed by atoms with Crippen molar-refractivity contribution in [2.75, 3.05) is 0 Å². The van der Waals surface area contributed by atoms with E-state index >= 15 is 0 Å². The molecule has 0 spiro atoms. The van der Waals surface area contributed by atoms with Gasteiger partial charge in [0.05, 0.1) is 34.3 Å². The predicted octanol–water partition coefficient (Wildman–Crippen LogP) is 10.4. The van der Waals surface area contributed by atoms with E-state index in [4.69, 9.17) is 9.97 Å². The SMILES string of the molecule is C=C/C=C(\C=C/C)c1cc(-c2ccccc2)cc(-n2c3ccc4ccn(-c5ccc(-c6ccccn6)nc5)c4c3c3cccnc32)c1. The third kappa shape index (κ3) is 4.95. The molecule has 0 N–H and O–H groups in total. The van der Waals surface area contributed by atoms with E-state index in [0.29, 0.717) is 0 Å². The van der Waals surface area contributed by atoms with Gasteiger partial charge in [-0.05, 0) is 95.9 Å². The van der Waals surface area contributed by atoms with Crippen LogP contribution >= 0.6 is 0 Å². The van der Waals surface area contributed by atoms with Crippen LogP contribution in [0.3, 0.4) is 0 Å². The van der Waals surface area contributed by atoms with E-state index in [1.165, 1.54) is 0 Å². The first-order valence-corrected chi connectivity index (χ1v) is 15.7. The number of benzene rings is 3. The molecule has 224 valence electrons. The summed E-state index contributed by atoms with van der Waals surface area (Å²) in [5, 5.41) is 3.39. The lowest BCUT2D eigenvalue weighted by Gasteiger charge is -2.14. The molecule has 8 rings (SSSR count). The first-order valence-electron chi connectivity index (χ1n) is 15.7. The number of pyridine rings is 3. The second kappa shape index (κ2) is 11.9. The summed E-state index contributed by atoms with van der Waals surface area (Å²) < 4.78 is 4.52. The third-order valence-corrected chi connectivity index (χ3v) is 8.55. The van der Waals surface area contributed by atoms with Gasteiger partial charge in [0.25, 0.3) is 0 Å². The highest BCUT2D eigenvalue weighted by Crippen LogP contribution is 2.39. The molecule has 0 aliphatic heterocycles. The topological polar surface area (TPSA) is 48.5 Å². The van der Waals surface area contributed by atoms with Crippen molar-refractivity contribution in [3.63, 3.8) is 0 Å². The molecular formula is C42H31N5. The van der Waals surface area contributed by atoms with Gasteiger partial charge < -0.3 is 4.57 Å². The molecule has 5 aromatic heterocycles. The van der Waals surface area contributed by atoms with Gasteiger partial charge in [-0.3, -0.25) is 14.5 Å². The monoisotopic (exact) mass is 605 g/mol. The van der Waals surface area contributed by atoms with Crippen LogP contribution in [-0.4, -0.2) is 24.1 Å². The summed E-state index contributed by atoms with van der Waals surface area (Å²) >= 11 is 0. The summed E-state index contributed by atoms with van der Waals surface area (Å²) in [4.78, 5) is 14.2. The second-order valence-electron chi connectivity index (χ2n) is 11.4. The van der Waals surface area contributed by atoms with Crippen molar-refractivity contribution in [3.8, 4) is 33.9 Å². The molecule has 5 nitrogen and oxygen atoms in total. The fraction of sp³-hybridized carbons (Fsp3) is 0.0238. The summed E-state index contributed by atoms with van der Waals surface area (Å²) in [7, 11) is 0. The number of hydrogen-bond donors (Lipinski definition) is 0. The molecule has 0 aliphatic rings. The van der Waals surface area contributed by atoms with Gasteiger partial charge in [-0.15, -0.1) is 0 Å². The van der Waals surface area contributed by atoms with Crippen LogP contribution in [0.2, 0.25) is 0 Å². The molecule has 0 bridgehead atoms. The van der Waals surface area contributed by atoms with Crippen molar-refractivity contribution < 1.29 is 0 Å². The average molecular weight is 606 g/mol. The van der Waals surface area contributed by atoms with Crippen LogP contribution in [-0.2, 0) is 0 Å². The first-order chi connectivity index (χ1) is 23.2.